The summed E-state index contributed by atoms with van der Waals surface area (Å²) >= 11 is 0. The van der Waals surface area contributed by atoms with Crippen molar-refractivity contribution in [3.8, 4) is 11.8 Å². The second-order valence-electron chi connectivity index (χ2n) is 9.12. The Labute approximate surface area is 200 Å². The molecule has 8 nitrogen and oxygen atoms in total. The minimum absolute atomic E-state index is 0.00525. The fourth-order valence-corrected chi connectivity index (χ4v) is 5.23. The zero-order valence-corrected chi connectivity index (χ0v) is 20.2. The minimum Gasteiger partial charge on any atom is -0.420 e. The zero-order chi connectivity index (χ0) is 24.1. The number of nitrogens with one attached hydrogen (secondary N) is 1. The van der Waals surface area contributed by atoms with Crippen LogP contribution >= 0.6 is 0 Å². The number of nitrogens with zero attached hydrogens (tertiary/aromatic N) is 3. The zero-order valence-electron chi connectivity index (χ0n) is 19.4. The maximum atomic E-state index is 12.6. The molecular formula is C25H30N4O4S. The van der Waals surface area contributed by atoms with Crippen molar-refractivity contribution >= 4 is 21.4 Å². The molecule has 2 aliphatic rings. The van der Waals surface area contributed by atoms with Crippen molar-refractivity contribution in [2.45, 2.75) is 44.4 Å². The number of hydrogen-bond donors (Lipinski definition) is 1. The third-order valence-electron chi connectivity index (χ3n) is 6.57. The highest BCUT2D eigenvalue weighted by Gasteiger charge is 2.24. The number of carbonyl (C=O) groups excluding carboxylic acids is 1. The number of carbonyl (C=O) groups is 1. The Morgan fingerprint density at radius 1 is 1.29 bits per heavy atom. The lowest BCUT2D eigenvalue weighted by atomic mass is 9.86. The highest BCUT2D eigenvalue weighted by atomic mass is 32.2. The third kappa shape index (κ3) is 6.13. The van der Waals surface area contributed by atoms with Gasteiger partial charge in [0.2, 0.25) is 5.82 Å². The molecule has 4 rings (SSSR count). The number of rotatable bonds is 7. The van der Waals surface area contributed by atoms with Crippen LogP contribution < -0.4 is 4.74 Å². The normalized spacial score (nSPS) is 17.7. The van der Waals surface area contributed by atoms with Gasteiger partial charge in [0, 0.05) is 18.4 Å². The number of aromatic nitrogens is 2. The maximum absolute atomic E-state index is 12.6. The summed E-state index contributed by atoms with van der Waals surface area (Å²) in [6, 6.07) is 7.96. The summed E-state index contributed by atoms with van der Waals surface area (Å²) in [5.74, 6) is 0.464. The Balaban J connectivity index is 1.51. The Bertz CT molecular complexity index is 1220. The molecule has 2 heterocycles. The first-order valence-corrected chi connectivity index (χ1v) is 13.8. The monoisotopic (exact) mass is 482 g/mol. The Hall–Kier alpha value is -2.96. The van der Waals surface area contributed by atoms with Gasteiger partial charge in [-0.05, 0) is 80.8 Å². The first-order valence-electron chi connectivity index (χ1n) is 11.7. The summed E-state index contributed by atoms with van der Waals surface area (Å²) in [4.78, 5) is 21.5. The molecule has 0 unspecified atom stereocenters. The number of hydrogen-bond acceptors (Lipinski definition) is 7. The number of ether oxygens (including phenoxy) is 1. The van der Waals surface area contributed by atoms with Crippen molar-refractivity contribution in [2.24, 2.45) is 0 Å². The van der Waals surface area contributed by atoms with Gasteiger partial charge in [-0.1, -0.05) is 12.1 Å². The molecule has 1 aliphatic carbocycles. The van der Waals surface area contributed by atoms with Crippen LogP contribution in [-0.4, -0.2) is 60.9 Å². The highest BCUT2D eigenvalue weighted by Crippen LogP contribution is 2.37. The molecule has 0 saturated carbocycles. The van der Waals surface area contributed by atoms with Gasteiger partial charge in [0.05, 0.1) is 11.9 Å². The van der Waals surface area contributed by atoms with Crippen molar-refractivity contribution in [1.82, 2.24) is 14.9 Å². The molecule has 9 heteroatoms. The molecule has 0 spiro atoms. The molecule has 1 saturated heterocycles. The summed E-state index contributed by atoms with van der Waals surface area (Å²) in [6.07, 6.45) is 11.0. The van der Waals surface area contributed by atoms with Gasteiger partial charge in [0.15, 0.2) is 0 Å². The van der Waals surface area contributed by atoms with Crippen molar-refractivity contribution < 1.29 is 17.9 Å². The van der Waals surface area contributed by atoms with E-state index < -0.39 is 15.8 Å². The summed E-state index contributed by atoms with van der Waals surface area (Å²) in [5, 5.41) is 8.96. The summed E-state index contributed by atoms with van der Waals surface area (Å²) in [7, 11) is -2.95. The summed E-state index contributed by atoms with van der Waals surface area (Å²) in [5.41, 5.74) is 3.56. The van der Waals surface area contributed by atoms with Crippen LogP contribution in [0.5, 0.6) is 5.75 Å². The quantitative estimate of drug-likeness (QED) is 0.473. The SMILES string of the molecule is CS(=O)(=O)CCN1CCC(c2ccc(OC(=O)c3ncc(C#N)[nH]3)c(C3=CCCCC3)c2)CC1. The van der Waals surface area contributed by atoms with Gasteiger partial charge in [-0.25, -0.2) is 18.2 Å². The van der Waals surface area contributed by atoms with E-state index in [1.54, 1.807) is 0 Å². The van der Waals surface area contributed by atoms with Crippen molar-refractivity contribution in [3.05, 3.63) is 53.1 Å². The Morgan fingerprint density at radius 2 is 2.09 bits per heavy atom. The second-order valence-corrected chi connectivity index (χ2v) is 11.4. The van der Waals surface area contributed by atoms with Gasteiger partial charge in [-0.3, -0.25) is 0 Å². The molecule has 0 radical (unpaired) electrons. The fourth-order valence-electron chi connectivity index (χ4n) is 4.64. The standard InChI is InChI=1S/C25H30N4O4S/c1-34(31,32)14-13-29-11-9-18(10-12-29)20-7-8-23(22(15-20)19-5-3-2-4-6-19)33-25(30)24-27-17-21(16-26)28-24/h5,7-8,15,17-18H,2-4,6,9-14H2,1H3,(H,27,28). The predicted octanol–water partition coefficient (Wildman–Crippen LogP) is 3.68. The molecule has 1 N–H and O–H groups in total. The second kappa shape index (κ2) is 10.5. The van der Waals surface area contributed by atoms with Crippen LogP contribution in [0.4, 0.5) is 0 Å². The van der Waals surface area contributed by atoms with Crippen molar-refractivity contribution in [2.75, 3.05) is 31.6 Å². The molecule has 0 atom stereocenters. The molecule has 0 bridgehead atoms. The lowest BCUT2D eigenvalue weighted by Gasteiger charge is -2.32. The third-order valence-corrected chi connectivity index (χ3v) is 7.49. The van der Waals surface area contributed by atoms with Crippen LogP contribution in [0.2, 0.25) is 0 Å². The minimum atomic E-state index is -2.95. The fraction of sp³-hybridized carbons (Fsp3) is 0.480. The molecule has 1 fully saturated rings. The summed E-state index contributed by atoms with van der Waals surface area (Å²) < 4.78 is 28.7. The average Bonchev–Trinajstić information content (AvgIpc) is 3.33. The number of H-pyrrole nitrogens is 1. The van der Waals surface area contributed by atoms with Gasteiger partial charge in [-0.15, -0.1) is 0 Å². The van der Waals surface area contributed by atoms with Crippen LogP contribution in [0, 0.1) is 11.3 Å². The molecule has 0 amide bonds. The van der Waals surface area contributed by atoms with Crippen LogP contribution in [0.25, 0.3) is 5.57 Å². The number of likely N-dealkylation sites (tertiary alicyclic amines) is 1. The molecule has 180 valence electrons. The van der Waals surface area contributed by atoms with E-state index in [-0.39, 0.29) is 17.3 Å². The number of imidazole rings is 1. The number of allylic oxidation sites excluding steroid dienone is 2. The van der Waals surface area contributed by atoms with Gasteiger partial charge >= 0.3 is 5.97 Å². The first kappa shape index (κ1) is 24.2. The maximum Gasteiger partial charge on any atom is 0.379 e. The number of piperidine rings is 1. The molecule has 34 heavy (non-hydrogen) atoms. The van der Waals surface area contributed by atoms with E-state index in [1.165, 1.54) is 23.6 Å². The first-order chi connectivity index (χ1) is 16.3. The molecule has 2 aromatic rings. The van der Waals surface area contributed by atoms with Gasteiger partial charge in [0.25, 0.3) is 0 Å². The highest BCUT2D eigenvalue weighted by molar-refractivity contribution is 7.90. The molecular weight excluding hydrogens is 452 g/mol. The van der Waals surface area contributed by atoms with Crippen molar-refractivity contribution in [3.63, 3.8) is 0 Å². The van der Waals surface area contributed by atoms with E-state index in [0.29, 0.717) is 18.2 Å². The lowest BCUT2D eigenvalue weighted by molar-refractivity contribution is 0.0722. The number of sulfone groups is 1. The number of aromatic amines is 1. The van der Waals surface area contributed by atoms with E-state index in [0.717, 1.165) is 57.2 Å². The van der Waals surface area contributed by atoms with Gasteiger partial charge in [-0.2, -0.15) is 5.26 Å². The molecule has 1 aliphatic heterocycles. The van der Waals surface area contributed by atoms with Gasteiger partial charge in [0.1, 0.15) is 27.3 Å². The van der Waals surface area contributed by atoms with Gasteiger partial charge < -0.3 is 14.6 Å². The largest absolute Gasteiger partial charge is 0.420 e. The number of benzene rings is 1. The van der Waals surface area contributed by atoms with E-state index in [9.17, 15) is 13.2 Å². The molecule has 1 aromatic heterocycles. The predicted molar refractivity (Wildman–Crippen MR) is 129 cm³/mol. The van der Waals surface area contributed by atoms with Crippen LogP contribution in [0.1, 0.15) is 71.9 Å². The number of esters is 1. The van der Waals surface area contributed by atoms with Crippen molar-refractivity contribution in [1.29, 1.82) is 5.26 Å². The Morgan fingerprint density at radius 3 is 2.74 bits per heavy atom. The van der Waals surface area contributed by atoms with Crippen LogP contribution in [0.3, 0.4) is 0 Å². The molecule has 1 aromatic carbocycles. The van der Waals surface area contributed by atoms with E-state index in [2.05, 4.69) is 27.0 Å². The average molecular weight is 483 g/mol. The lowest BCUT2D eigenvalue weighted by Crippen LogP contribution is -2.36. The summed E-state index contributed by atoms with van der Waals surface area (Å²) in [6.45, 7) is 2.32. The van der Waals surface area contributed by atoms with E-state index in [1.807, 2.05) is 18.2 Å². The van der Waals surface area contributed by atoms with E-state index >= 15 is 0 Å². The topological polar surface area (TPSA) is 116 Å². The smallest absolute Gasteiger partial charge is 0.379 e. The van der Waals surface area contributed by atoms with Crippen LogP contribution in [0.15, 0.2) is 30.5 Å². The van der Waals surface area contributed by atoms with Crippen LogP contribution in [-0.2, 0) is 9.84 Å². The Kier molecular flexibility index (Phi) is 7.49. The number of nitriles is 1. The van der Waals surface area contributed by atoms with E-state index in [4.69, 9.17) is 10.00 Å².